The van der Waals surface area contributed by atoms with E-state index >= 15 is 0 Å². The van der Waals surface area contributed by atoms with Gasteiger partial charge in [-0.15, -0.1) is 0 Å². The van der Waals surface area contributed by atoms with E-state index < -0.39 is 11.7 Å². The zero-order chi connectivity index (χ0) is 20.5. The van der Waals surface area contributed by atoms with Gasteiger partial charge in [0.1, 0.15) is 24.0 Å². The summed E-state index contributed by atoms with van der Waals surface area (Å²) in [6.07, 6.45) is 1.63. The molecule has 0 unspecified atom stereocenters. The molecule has 0 amide bonds. The van der Waals surface area contributed by atoms with Crippen LogP contribution in [0.25, 0.3) is 0 Å². The van der Waals surface area contributed by atoms with Crippen LogP contribution < -0.4 is 10.5 Å². The fourth-order valence-electron chi connectivity index (χ4n) is 3.55. The summed E-state index contributed by atoms with van der Waals surface area (Å²) in [6.45, 7) is 3.96. The molecule has 1 aliphatic carbocycles. The average molecular weight is 384 g/mol. The van der Waals surface area contributed by atoms with E-state index in [1.165, 1.54) is 0 Å². The highest BCUT2D eigenvalue weighted by Gasteiger charge is 2.43. The number of allylic oxidation sites excluding steroid dienone is 3. The van der Waals surface area contributed by atoms with Crippen molar-refractivity contribution >= 4 is 11.6 Å². The molecule has 0 saturated heterocycles. The first-order valence-corrected chi connectivity index (χ1v) is 8.90. The van der Waals surface area contributed by atoms with Crippen molar-refractivity contribution < 1.29 is 19.1 Å². The van der Waals surface area contributed by atoms with Crippen LogP contribution in [0.1, 0.15) is 32.2 Å². The summed E-state index contributed by atoms with van der Waals surface area (Å²) >= 11 is 0. The van der Waals surface area contributed by atoms with Crippen LogP contribution in [-0.4, -0.2) is 18.2 Å². The van der Waals surface area contributed by atoms with E-state index in [1.807, 2.05) is 6.07 Å². The molecule has 2 aromatic carbocycles. The molecule has 6 nitrogen and oxygen atoms in total. The van der Waals surface area contributed by atoms with Crippen molar-refractivity contribution in [3.63, 3.8) is 0 Å². The smallest absolute Gasteiger partial charge is 0.229 e. The normalized spacial score (nSPS) is 17.8. The van der Waals surface area contributed by atoms with Gasteiger partial charge in [0.25, 0.3) is 0 Å². The zero-order valence-electron chi connectivity index (χ0n) is 15.3. The zero-order valence-corrected chi connectivity index (χ0v) is 15.3. The van der Waals surface area contributed by atoms with Crippen LogP contribution in [0.4, 0.5) is 0 Å². The molecular formula is C23H16N2O4. The van der Waals surface area contributed by atoms with Crippen LogP contribution >= 0.6 is 0 Å². The molecule has 0 fully saturated rings. The number of hydrogen-bond donors (Lipinski definition) is 1. The Bertz CT molecular complexity index is 1150. The number of ether oxygens (including phenoxy) is 2. The predicted octanol–water partition coefficient (Wildman–Crippen LogP) is 3.39. The van der Waals surface area contributed by atoms with Crippen molar-refractivity contribution in [3.05, 3.63) is 101 Å². The van der Waals surface area contributed by atoms with Gasteiger partial charge in [-0.25, -0.2) is 0 Å². The number of nitriles is 1. The molecule has 0 saturated carbocycles. The third kappa shape index (κ3) is 2.89. The SMILES string of the molecule is C=CCOc1ccc([C@H]2C(C#N)=C(N)OC3=C2C(=O)c2ccccc2C3=O)cc1. The lowest BCUT2D eigenvalue weighted by atomic mass is 9.75. The lowest BCUT2D eigenvalue weighted by Gasteiger charge is -2.30. The summed E-state index contributed by atoms with van der Waals surface area (Å²) < 4.78 is 11.0. The lowest BCUT2D eigenvalue weighted by Crippen LogP contribution is -2.32. The minimum absolute atomic E-state index is 0.0871. The Hall–Kier alpha value is -4.11. The van der Waals surface area contributed by atoms with Gasteiger partial charge in [-0.05, 0) is 17.7 Å². The molecule has 0 aromatic heterocycles. The summed E-state index contributed by atoms with van der Waals surface area (Å²) in [6, 6.07) is 15.5. The highest BCUT2D eigenvalue weighted by molar-refractivity contribution is 6.27. The maximum absolute atomic E-state index is 13.3. The Labute approximate surface area is 167 Å². The number of Topliss-reactive ketones (excluding diaryl/α,β-unsaturated/α-hetero) is 2. The van der Waals surface area contributed by atoms with E-state index in [0.717, 1.165) is 0 Å². The molecule has 1 atom stereocenters. The summed E-state index contributed by atoms with van der Waals surface area (Å²) in [7, 11) is 0. The number of carbonyl (C=O) groups is 2. The average Bonchev–Trinajstić information content (AvgIpc) is 2.75. The van der Waals surface area contributed by atoms with Crippen LogP contribution in [0.3, 0.4) is 0 Å². The third-order valence-corrected chi connectivity index (χ3v) is 4.87. The first-order valence-electron chi connectivity index (χ1n) is 8.90. The first-order chi connectivity index (χ1) is 14.1. The molecular weight excluding hydrogens is 368 g/mol. The number of hydrogen-bond acceptors (Lipinski definition) is 6. The summed E-state index contributed by atoms with van der Waals surface area (Å²) in [5, 5.41) is 9.68. The molecule has 0 radical (unpaired) electrons. The highest BCUT2D eigenvalue weighted by Crippen LogP contribution is 2.44. The number of carbonyl (C=O) groups excluding carboxylic acids is 2. The second kappa shape index (κ2) is 7.13. The number of benzene rings is 2. The van der Waals surface area contributed by atoms with Gasteiger partial charge in [-0.1, -0.05) is 49.1 Å². The molecule has 6 heteroatoms. The Morgan fingerprint density at radius 2 is 1.76 bits per heavy atom. The maximum atomic E-state index is 13.3. The fourth-order valence-corrected chi connectivity index (χ4v) is 3.55. The molecule has 29 heavy (non-hydrogen) atoms. The van der Waals surface area contributed by atoms with Gasteiger partial charge in [-0.3, -0.25) is 9.59 Å². The number of nitrogens with two attached hydrogens (primary N) is 1. The number of fused-ring (bicyclic) bond motifs is 1. The van der Waals surface area contributed by atoms with Gasteiger partial charge in [0.2, 0.25) is 11.7 Å². The summed E-state index contributed by atoms with van der Waals surface area (Å²) in [5.41, 5.74) is 7.34. The monoisotopic (exact) mass is 384 g/mol. The van der Waals surface area contributed by atoms with Crippen molar-refractivity contribution in [3.8, 4) is 11.8 Å². The standard InChI is InChI=1S/C23H16N2O4/c1-2-11-28-14-9-7-13(8-10-14)18-17(12-24)23(25)29-22-19(18)20(26)15-5-3-4-6-16(15)21(22)27/h2-10,18H,1,11,25H2/t18-/m0/s1. The van der Waals surface area contributed by atoms with Gasteiger partial charge in [0.05, 0.1) is 11.5 Å². The molecule has 2 aromatic rings. The number of ketones is 2. The van der Waals surface area contributed by atoms with Crippen LogP contribution in [0.5, 0.6) is 5.75 Å². The van der Waals surface area contributed by atoms with Crippen molar-refractivity contribution in [2.75, 3.05) is 6.61 Å². The van der Waals surface area contributed by atoms with Crippen molar-refractivity contribution in [2.24, 2.45) is 5.73 Å². The quantitative estimate of drug-likeness (QED) is 0.811. The van der Waals surface area contributed by atoms with E-state index in [4.69, 9.17) is 15.2 Å². The fraction of sp³-hybridized carbons (Fsp3) is 0.0870. The second-order valence-corrected chi connectivity index (χ2v) is 6.54. The molecule has 0 spiro atoms. The van der Waals surface area contributed by atoms with Crippen molar-refractivity contribution in [1.29, 1.82) is 5.26 Å². The Morgan fingerprint density at radius 1 is 1.10 bits per heavy atom. The minimum atomic E-state index is -0.804. The van der Waals surface area contributed by atoms with Crippen LogP contribution in [0.2, 0.25) is 0 Å². The topological polar surface area (TPSA) is 102 Å². The van der Waals surface area contributed by atoms with Crippen molar-refractivity contribution in [2.45, 2.75) is 5.92 Å². The van der Waals surface area contributed by atoms with E-state index in [0.29, 0.717) is 17.9 Å². The van der Waals surface area contributed by atoms with Crippen molar-refractivity contribution in [1.82, 2.24) is 0 Å². The number of rotatable bonds is 4. The maximum Gasteiger partial charge on any atom is 0.229 e. The third-order valence-electron chi connectivity index (χ3n) is 4.87. The molecule has 2 aliphatic rings. The molecule has 1 aliphatic heterocycles. The molecule has 2 N–H and O–H groups in total. The van der Waals surface area contributed by atoms with Gasteiger partial charge in [0.15, 0.2) is 11.5 Å². The lowest BCUT2D eigenvalue weighted by molar-refractivity contribution is 0.0897. The summed E-state index contributed by atoms with van der Waals surface area (Å²) in [5.74, 6) is -1.27. The Kier molecular flexibility index (Phi) is 4.49. The molecule has 142 valence electrons. The largest absolute Gasteiger partial charge is 0.490 e. The van der Waals surface area contributed by atoms with Crippen LogP contribution in [0, 0.1) is 11.3 Å². The molecule has 1 heterocycles. The van der Waals surface area contributed by atoms with E-state index in [-0.39, 0.29) is 39.7 Å². The first kappa shape index (κ1) is 18.3. The Morgan fingerprint density at radius 3 is 2.38 bits per heavy atom. The van der Waals surface area contributed by atoms with E-state index in [2.05, 4.69) is 6.58 Å². The summed E-state index contributed by atoms with van der Waals surface area (Å²) in [4.78, 5) is 26.2. The van der Waals surface area contributed by atoms with Gasteiger partial charge in [-0.2, -0.15) is 5.26 Å². The Balaban J connectivity index is 1.85. The van der Waals surface area contributed by atoms with E-state index in [1.54, 1.807) is 54.6 Å². The van der Waals surface area contributed by atoms with Crippen LogP contribution in [-0.2, 0) is 4.74 Å². The van der Waals surface area contributed by atoms with Crippen LogP contribution in [0.15, 0.2) is 84.0 Å². The highest BCUT2D eigenvalue weighted by atomic mass is 16.5. The molecule has 0 bridgehead atoms. The minimum Gasteiger partial charge on any atom is -0.490 e. The van der Waals surface area contributed by atoms with Gasteiger partial charge < -0.3 is 15.2 Å². The van der Waals surface area contributed by atoms with E-state index in [9.17, 15) is 14.9 Å². The molecule has 4 rings (SSSR count). The second-order valence-electron chi connectivity index (χ2n) is 6.54. The number of nitrogens with zero attached hydrogens (tertiary/aromatic N) is 1. The predicted molar refractivity (Wildman–Crippen MR) is 105 cm³/mol. The van der Waals surface area contributed by atoms with Gasteiger partial charge in [0, 0.05) is 11.1 Å². The van der Waals surface area contributed by atoms with Gasteiger partial charge >= 0.3 is 0 Å².